The number of carbonyl (C=O) groups is 1. The lowest BCUT2D eigenvalue weighted by atomic mass is 10.3. The van der Waals surface area contributed by atoms with Gasteiger partial charge in [-0.3, -0.25) is 9.48 Å². The molecule has 0 aliphatic carbocycles. The molecular weight excluding hydrogens is 322 g/mol. The van der Waals surface area contributed by atoms with Crippen LogP contribution in [0.2, 0.25) is 0 Å². The second-order valence-electron chi connectivity index (χ2n) is 5.44. The van der Waals surface area contributed by atoms with Crippen LogP contribution in [0.25, 0.3) is 0 Å². The van der Waals surface area contributed by atoms with Crippen molar-refractivity contribution in [2.75, 3.05) is 7.11 Å². The molecule has 0 aliphatic heterocycles. The SMILES string of the molecule is COc1cccc(OCc2ccc(C(=O)NCc3cnn(C)c3)o2)c1. The summed E-state index contributed by atoms with van der Waals surface area (Å²) in [6.45, 7) is 0.617. The maximum Gasteiger partial charge on any atom is 0.287 e. The molecule has 3 rings (SSSR count). The smallest absolute Gasteiger partial charge is 0.287 e. The number of ether oxygens (including phenoxy) is 2. The van der Waals surface area contributed by atoms with Crippen molar-refractivity contribution in [1.29, 1.82) is 0 Å². The summed E-state index contributed by atoms with van der Waals surface area (Å²) in [5, 5.41) is 6.84. The Morgan fingerprint density at radius 3 is 2.88 bits per heavy atom. The van der Waals surface area contributed by atoms with Crippen molar-refractivity contribution < 1.29 is 18.7 Å². The van der Waals surface area contributed by atoms with Gasteiger partial charge in [-0.25, -0.2) is 0 Å². The number of aromatic nitrogens is 2. The van der Waals surface area contributed by atoms with Crippen molar-refractivity contribution in [3.05, 3.63) is 65.9 Å². The molecule has 0 radical (unpaired) electrons. The van der Waals surface area contributed by atoms with E-state index in [0.29, 0.717) is 23.8 Å². The maximum absolute atomic E-state index is 12.1. The van der Waals surface area contributed by atoms with Crippen molar-refractivity contribution in [2.45, 2.75) is 13.2 Å². The molecule has 2 aromatic heterocycles. The lowest BCUT2D eigenvalue weighted by Crippen LogP contribution is -2.22. The first-order valence-electron chi connectivity index (χ1n) is 7.75. The fourth-order valence-electron chi connectivity index (χ4n) is 2.26. The summed E-state index contributed by atoms with van der Waals surface area (Å²) < 4.78 is 18.0. The van der Waals surface area contributed by atoms with E-state index in [0.717, 1.165) is 5.56 Å². The summed E-state index contributed by atoms with van der Waals surface area (Å²) in [4.78, 5) is 12.1. The Bertz CT molecular complexity index is 853. The number of benzene rings is 1. The molecule has 0 unspecified atom stereocenters. The van der Waals surface area contributed by atoms with Gasteiger partial charge in [0.05, 0.1) is 13.3 Å². The number of nitrogens with zero attached hydrogens (tertiary/aromatic N) is 2. The zero-order valence-corrected chi connectivity index (χ0v) is 14.1. The van der Waals surface area contributed by atoms with Gasteiger partial charge >= 0.3 is 0 Å². The molecule has 1 N–H and O–H groups in total. The fourth-order valence-corrected chi connectivity index (χ4v) is 2.26. The first-order chi connectivity index (χ1) is 12.1. The number of amides is 1. The minimum absolute atomic E-state index is 0.225. The van der Waals surface area contributed by atoms with Gasteiger partial charge in [0.2, 0.25) is 0 Å². The van der Waals surface area contributed by atoms with Gasteiger partial charge < -0.3 is 19.2 Å². The lowest BCUT2D eigenvalue weighted by molar-refractivity contribution is 0.0919. The number of rotatable bonds is 7. The Morgan fingerprint density at radius 1 is 1.28 bits per heavy atom. The largest absolute Gasteiger partial charge is 0.497 e. The van der Waals surface area contributed by atoms with E-state index in [1.807, 2.05) is 31.4 Å². The number of hydrogen-bond donors (Lipinski definition) is 1. The van der Waals surface area contributed by atoms with Crippen LogP contribution in [0.1, 0.15) is 21.9 Å². The summed E-state index contributed by atoms with van der Waals surface area (Å²) in [7, 11) is 3.43. The highest BCUT2D eigenvalue weighted by Gasteiger charge is 2.12. The lowest BCUT2D eigenvalue weighted by Gasteiger charge is -2.06. The van der Waals surface area contributed by atoms with Crippen LogP contribution in [-0.2, 0) is 20.2 Å². The van der Waals surface area contributed by atoms with Crippen molar-refractivity contribution in [3.63, 3.8) is 0 Å². The number of aryl methyl sites for hydroxylation is 1. The van der Waals surface area contributed by atoms with Gasteiger partial charge in [-0.15, -0.1) is 0 Å². The monoisotopic (exact) mass is 341 g/mol. The highest BCUT2D eigenvalue weighted by molar-refractivity contribution is 5.91. The Kier molecular flexibility index (Phi) is 5.03. The highest BCUT2D eigenvalue weighted by atomic mass is 16.5. The average molecular weight is 341 g/mol. The highest BCUT2D eigenvalue weighted by Crippen LogP contribution is 2.20. The molecule has 0 saturated heterocycles. The molecule has 2 heterocycles. The summed E-state index contributed by atoms with van der Waals surface area (Å²) in [6, 6.07) is 10.6. The third-order valence-corrected chi connectivity index (χ3v) is 3.52. The predicted octanol–water partition coefficient (Wildman–Crippen LogP) is 2.53. The first kappa shape index (κ1) is 16.6. The fraction of sp³-hybridized carbons (Fsp3) is 0.222. The van der Waals surface area contributed by atoms with Crippen LogP contribution >= 0.6 is 0 Å². The van der Waals surface area contributed by atoms with E-state index >= 15 is 0 Å². The van der Waals surface area contributed by atoms with Gasteiger partial charge in [0, 0.05) is 31.4 Å². The van der Waals surface area contributed by atoms with E-state index in [-0.39, 0.29) is 18.3 Å². The van der Waals surface area contributed by atoms with Crippen molar-refractivity contribution in [3.8, 4) is 11.5 Å². The van der Waals surface area contributed by atoms with Crippen molar-refractivity contribution >= 4 is 5.91 Å². The molecule has 7 nitrogen and oxygen atoms in total. The first-order valence-corrected chi connectivity index (χ1v) is 7.75. The van der Waals surface area contributed by atoms with Crippen LogP contribution in [0.3, 0.4) is 0 Å². The van der Waals surface area contributed by atoms with Gasteiger partial charge in [-0.1, -0.05) is 6.07 Å². The molecule has 130 valence electrons. The Morgan fingerprint density at radius 2 is 2.12 bits per heavy atom. The molecule has 0 atom stereocenters. The predicted molar refractivity (Wildman–Crippen MR) is 90.4 cm³/mol. The summed E-state index contributed by atoms with van der Waals surface area (Å²) in [6.07, 6.45) is 3.55. The van der Waals surface area contributed by atoms with Gasteiger partial charge in [0.1, 0.15) is 23.9 Å². The second-order valence-corrected chi connectivity index (χ2v) is 5.44. The molecule has 25 heavy (non-hydrogen) atoms. The summed E-state index contributed by atoms with van der Waals surface area (Å²) in [5.74, 6) is 1.91. The van der Waals surface area contributed by atoms with Crippen LogP contribution in [-0.4, -0.2) is 22.8 Å². The second kappa shape index (κ2) is 7.57. The molecule has 0 spiro atoms. The van der Waals surface area contributed by atoms with E-state index in [1.165, 1.54) is 0 Å². The number of hydrogen-bond acceptors (Lipinski definition) is 5. The average Bonchev–Trinajstić information content (AvgIpc) is 3.27. The molecule has 1 amide bonds. The molecular formula is C18H19N3O4. The molecule has 7 heteroatoms. The molecule has 1 aromatic carbocycles. The van der Waals surface area contributed by atoms with E-state index in [4.69, 9.17) is 13.9 Å². The number of furan rings is 1. The Balaban J connectivity index is 1.53. The van der Waals surface area contributed by atoms with E-state index < -0.39 is 0 Å². The van der Waals surface area contributed by atoms with Crippen LogP contribution in [0.4, 0.5) is 0 Å². The quantitative estimate of drug-likeness (QED) is 0.714. The standard InChI is InChI=1S/C18H19N3O4/c1-21-11-13(10-20-21)9-19-18(22)17-7-6-16(25-17)12-24-15-5-3-4-14(8-15)23-2/h3-8,10-11H,9,12H2,1-2H3,(H,19,22). The van der Waals surface area contributed by atoms with Gasteiger partial charge in [-0.2, -0.15) is 5.10 Å². The third kappa shape index (κ3) is 4.41. The van der Waals surface area contributed by atoms with Crippen molar-refractivity contribution in [2.24, 2.45) is 7.05 Å². The van der Waals surface area contributed by atoms with Crippen molar-refractivity contribution in [1.82, 2.24) is 15.1 Å². The minimum Gasteiger partial charge on any atom is -0.497 e. The zero-order valence-electron chi connectivity index (χ0n) is 14.1. The normalized spacial score (nSPS) is 10.5. The van der Waals surface area contributed by atoms with Crippen LogP contribution in [0.15, 0.2) is 53.2 Å². The topological polar surface area (TPSA) is 78.5 Å². The van der Waals surface area contributed by atoms with Crippen LogP contribution in [0.5, 0.6) is 11.5 Å². The van der Waals surface area contributed by atoms with E-state index in [2.05, 4.69) is 10.4 Å². The molecule has 3 aromatic rings. The summed E-state index contributed by atoms with van der Waals surface area (Å²) in [5.41, 5.74) is 0.920. The minimum atomic E-state index is -0.281. The van der Waals surface area contributed by atoms with Gasteiger partial charge in [0.25, 0.3) is 5.91 Å². The molecule has 0 aliphatic rings. The van der Waals surface area contributed by atoms with Crippen LogP contribution < -0.4 is 14.8 Å². The molecule has 0 bridgehead atoms. The van der Waals surface area contributed by atoms with E-state index in [1.54, 1.807) is 36.2 Å². The Hall–Kier alpha value is -3.22. The molecule has 0 saturated carbocycles. The van der Waals surface area contributed by atoms with Crippen LogP contribution in [0, 0.1) is 0 Å². The Labute approximate surface area is 145 Å². The van der Waals surface area contributed by atoms with E-state index in [9.17, 15) is 4.79 Å². The molecule has 0 fully saturated rings. The number of carbonyl (C=O) groups excluding carboxylic acids is 1. The number of nitrogens with one attached hydrogen (secondary N) is 1. The number of methoxy groups -OCH3 is 1. The van der Waals surface area contributed by atoms with Gasteiger partial charge in [-0.05, 0) is 24.3 Å². The zero-order chi connectivity index (χ0) is 17.6. The summed E-state index contributed by atoms with van der Waals surface area (Å²) >= 11 is 0. The maximum atomic E-state index is 12.1. The third-order valence-electron chi connectivity index (χ3n) is 3.52. The van der Waals surface area contributed by atoms with Gasteiger partial charge in [0.15, 0.2) is 5.76 Å².